The van der Waals surface area contributed by atoms with Gasteiger partial charge in [-0.2, -0.15) is 0 Å². The molecule has 0 unspecified atom stereocenters. The number of phenolic OH excluding ortho intramolecular Hbond substituents is 2. The van der Waals surface area contributed by atoms with Gasteiger partial charge < -0.3 is 15.9 Å². The normalized spacial score (nSPS) is 10.4. The fourth-order valence-electron chi connectivity index (χ4n) is 2.54. The highest BCUT2D eigenvalue weighted by molar-refractivity contribution is 6.22. The number of nitrogen functional groups attached to an aromatic ring is 1. The van der Waals surface area contributed by atoms with E-state index in [1.807, 2.05) is 0 Å². The van der Waals surface area contributed by atoms with E-state index < -0.39 is 5.78 Å². The van der Waals surface area contributed by atoms with Crippen LogP contribution in [0.3, 0.4) is 0 Å². The second-order valence-electron chi connectivity index (χ2n) is 5.49. The lowest BCUT2D eigenvalue weighted by molar-refractivity contribution is 0.100. The van der Waals surface area contributed by atoms with E-state index in [9.17, 15) is 19.8 Å². The largest absolute Gasteiger partial charge is 0.508 e. The molecule has 25 heavy (non-hydrogen) atoms. The summed E-state index contributed by atoms with van der Waals surface area (Å²) in [6, 6.07) is 16.8. The zero-order chi connectivity index (χ0) is 18.0. The first-order valence-corrected chi connectivity index (χ1v) is 7.54. The van der Waals surface area contributed by atoms with E-state index in [1.54, 1.807) is 30.3 Å². The zero-order valence-corrected chi connectivity index (χ0v) is 13.1. The summed E-state index contributed by atoms with van der Waals surface area (Å²) in [5, 5.41) is 19.3. The standard InChI is InChI=1S/C20H15NO4/c21-18-16(23)11-10-15(19(24)12-4-2-1-3-5-12)17(18)20(25)13-6-8-14(22)9-7-13/h1-11,22-23H,21H2. The van der Waals surface area contributed by atoms with Crippen LogP contribution >= 0.6 is 0 Å². The first kappa shape index (κ1) is 16.3. The van der Waals surface area contributed by atoms with E-state index in [0.717, 1.165) is 0 Å². The molecule has 0 aromatic heterocycles. The molecule has 0 heterocycles. The first-order chi connectivity index (χ1) is 12.0. The summed E-state index contributed by atoms with van der Waals surface area (Å²) < 4.78 is 0. The number of anilines is 1. The highest BCUT2D eigenvalue weighted by Gasteiger charge is 2.24. The molecule has 3 rings (SSSR count). The Labute approximate surface area is 144 Å². The van der Waals surface area contributed by atoms with Crippen LogP contribution in [0, 0.1) is 0 Å². The summed E-state index contributed by atoms with van der Waals surface area (Å²) in [6.45, 7) is 0. The van der Waals surface area contributed by atoms with Gasteiger partial charge in [-0.15, -0.1) is 0 Å². The van der Waals surface area contributed by atoms with Gasteiger partial charge in [0.15, 0.2) is 11.6 Å². The molecule has 3 aromatic carbocycles. The van der Waals surface area contributed by atoms with Gasteiger partial charge in [-0.1, -0.05) is 30.3 Å². The van der Waals surface area contributed by atoms with Gasteiger partial charge in [0.1, 0.15) is 11.5 Å². The van der Waals surface area contributed by atoms with Crippen molar-refractivity contribution in [2.45, 2.75) is 0 Å². The van der Waals surface area contributed by atoms with Crippen molar-refractivity contribution in [2.75, 3.05) is 5.73 Å². The molecule has 0 spiro atoms. The maximum atomic E-state index is 12.9. The number of hydrogen-bond donors (Lipinski definition) is 3. The molecule has 0 bridgehead atoms. The van der Waals surface area contributed by atoms with Gasteiger partial charge in [-0.3, -0.25) is 9.59 Å². The highest BCUT2D eigenvalue weighted by Crippen LogP contribution is 2.31. The van der Waals surface area contributed by atoms with Crippen molar-refractivity contribution in [1.82, 2.24) is 0 Å². The minimum Gasteiger partial charge on any atom is -0.508 e. The smallest absolute Gasteiger partial charge is 0.195 e. The molecule has 5 heteroatoms. The highest BCUT2D eigenvalue weighted by atomic mass is 16.3. The number of phenols is 2. The van der Waals surface area contributed by atoms with Gasteiger partial charge in [0.25, 0.3) is 0 Å². The lowest BCUT2D eigenvalue weighted by atomic mass is 9.91. The average molecular weight is 333 g/mol. The number of rotatable bonds is 4. The molecule has 0 radical (unpaired) electrons. The van der Waals surface area contributed by atoms with Crippen molar-refractivity contribution in [1.29, 1.82) is 0 Å². The molecule has 0 fully saturated rings. The van der Waals surface area contributed by atoms with E-state index in [-0.39, 0.29) is 39.7 Å². The molecule has 0 saturated heterocycles. The Kier molecular flexibility index (Phi) is 4.22. The van der Waals surface area contributed by atoms with Gasteiger partial charge in [0.05, 0.1) is 11.3 Å². The Balaban J connectivity index is 2.15. The molecule has 0 aliphatic heterocycles. The van der Waals surface area contributed by atoms with Crippen LogP contribution < -0.4 is 5.73 Å². The second-order valence-corrected chi connectivity index (χ2v) is 5.49. The quantitative estimate of drug-likeness (QED) is 0.387. The third kappa shape index (κ3) is 3.07. The van der Waals surface area contributed by atoms with Crippen LogP contribution in [0.15, 0.2) is 66.7 Å². The van der Waals surface area contributed by atoms with E-state index in [4.69, 9.17) is 5.73 Å². The average Bonchev–Trinajstić information content (AvgIpc) is 2.64. The molecule has 0 saturated carbocycles. The fourth-order valence-corrected chi connectivity index (χ4v) is 2.54. The van der Waals surface area contributed by atoms with Gasteiger partial charge in [-0.25, -0.2) is 0 Å². The third-order valence-electron chi connectivity index (χ3n) is 3.86. The Bertz CT molecular complexity index is 947. The summed E-state index contributed by atoms with van der Waals surface area (Å²) in [4.78, 5) is 25.7. The van der Waals surface area contributed by atoms with Crippen LogP contribution in [0.5, 0.6) is 11.5 Å². The van der Waals surface area contributed by atoms with Gasteiger partial charge in [-0.05, 0) is 36.4 Å². The van der Waals surface area contributed by atoms with Gasteiger partial charge in [0.2, 0.25) is 0 Å². The molecule has 0 atom stereocenters. The number of aromatic hydroxyl groups is 2. The molecule has 0 aliphatic rings. The molecule has 0 amide bonds. The first-order valence-electron chi connectivity index (χ1n) is 7.54. The minimum atomic E-state index is -0.507. The van der Waals surface area contributed by atoms with E-state index in [2.05, 4.69) is 0 Å². The van der Waals surface area contributed by atoms with Crippen molar-refractivity contribution >= 4 is 17.3 Å². The maximum Gasteiger partial charge on any atom is 0.195 e. The SMILES string of the molecule is Nc1c(O)ccc(C(=O)c2ccccc2)c1C(=O)c1ccc(O)cc1. The monoisotopic (exact) mass is 333 g/mol. The summed E-state index contributed by atoms with van der Waals surface area (Å²) in [6.07, 6.45) is 0. The van der Waals surface area contributed by atoms with Crippen LogP contribution in [-0.2, 0) is 0 Å². The van der Waals surface area contributed by atoms with E-state index >= 15 is 0 Å². The molecule has 124 valence electrons. The molecule has 5 nitrogen and oxygen atoms in total. The maximum absolute atomic E-state index is 12.9. The number of carbonyl (C=O) groups is 2. The molecular weight excluding hydrogens is 318 g/mol. The zero-order valence-electron chi connectivity index (χ0n) is 13.1. The van der Waals surface area contributed by atoms with Crippen LogP contribution in [0.1, 0.15) is 31.8 Å². The third-order valence-corrected chi connectivity index (χ3v) is 3.86. The van der Waals surface area contributed by atoms with Crippen LogP contribution in [0.4, 0.5) is 5.69 Å². The summed E-state index contributed by atoms with van der Waals surface area (Å²) in [5.41, 5.74) is 6.45. The fraction of sp³-hybridized carbons (Fsp3) is 0. The summed E-state index contributed by atoms with van der Waals surface area (Å²) in [7, 11) is 0. The Morgan fingerprint density at radius 2 is 1.32 bits per heavy atom. The second kappa shape index (κ2) is 6.49. The van der Waals surface area contributed by atoms with Crippen molar-refractivity contribution < 1.29 is 19.8 Å². The minimum absolute atomic E-state index is 0.0148. The number of benzene rings is 3. The predicted octanol–water partition coefficient (Wildman–Crippen LogP) is 3.14. The topological polar surface area (TPSA) is 101 Å². The van der Waals surface area contributed by atoms with Crippen molar-refractivity contribution in [3.63, 3.8) is 0 Å². The Morgan fingerprint density at radius 3 is 1.96 bits per heavy atom. The number of carbonyl (C=O) groups excluding carboxylic acids is 2. The Hall–Kier alpha value is -3.60. The molecule has 0 aliphatic carbocycles. The van der Waals surface area contributed by atoms with Gasteiger partial charge >= 0.3 is 0 Å². The predicted molar refractivity (Wildman–Crippen MR) is 93.9 cm³/mol. The Morgan fingerprint density at radius 1 is 0.720 bits per heavy atom. The summed E-state index contributed by atoms with van der Waals surface area (Å²) >= 11 is 0. The lowest BCUT2D eigenvalue weighted by Crippen LogP contribution is -2.14. The van der Waals surface area contributed by atoms with Gasteiger partial charge in [0, 0.05) is 16.7 Å². The van der Waals surface area contributed by atoms with Crippen LogP contribution in [0.25, 0.3) is 0 Å². The number of ketones is 2. The van der Waals surface area contributed by atoms with Crippen molar-refractivity contribution in [3.05, 3.63) is 89.0 Å². The van der Waals surface area contributed by atoms with Crippen LogP contribution in [-0.4, -0.2) is 21.8 Å². The lowest BCUT2D eigenvalue weighted by Gasteiger charge is -2.12. The summed E-state index contributed by atoms with van der Waals surface area (Å²) in [5.74, 6) is -1.13. The number of nitrogens with two attached hydrogens (primary N) is 1. The van der Waals surface area contributed by atoms with E-state index in [0.29, 0.717) is 5.56 Å². The molecule has 4 N–H and O–H groups in total. The van der Waals surface area contributed by atoms with Crippen molar-refractivity contribution in [3.8, 4) is 11.5 Å². The van der Waals surface area contributed by atoms with Crippen molar-refractivity contribution in [2.24, 2.45) is 0 Å². The number of hydrogen-bond acceptors (Lipinski definition) is 5. The van der Waals surface area contributed by atoms with Crippen LogP contribution in [0.2, 0.25) is 0 Å². The molecule has 3 aromatic rings. The van der Waals surface area contributed by atoms with E-state index in [1.165, 1.54) is 36.4 Å². The molecular formula is C20H15NO4.